The van der Waals surface area contributed by atoms with Gasteiger partial charge in [0.1, 0.15) is 0 Å². The third-order valence-corrected chi connectivity index (χ3v) is 4.37. The molecule has 0 bridgehead atoms. The molecule has 1 unspecified atom stereocenters. The van der Waals surface area contributed by atoms with Crippen molar-refractivity contribution in [1.29, 1.82) is 0 Å². The Labute approximate surface area is 94.2 Å². The maximum absolute atomic E-state index is 11.4. The predicted molar refractivity (Wildman–Crippen MR) is 67.7 cm³/mol. The monoisotopic (exact) mass is 232 g/mol. The highest BCUT2D eigenvalue weighted by atomic mass is 31.2. The summed E-state index contributed by atoms with van der Waals surface area (Å²) in [4.78, 5) is 9.44. The van der Waals surface area contributed by atoms with E-state index in [0.29, 0.717) is 6.16 Å². The molecule has 90 valence electrons. The molecule has 0 saturated heterocycles. The molecule has 1 atom stereocenters. The highest BCUT2D eigenvalue weighted by molar-refractivity contribution is 7.58. The first kappa shape index (κ1) is 14.9. The van der Waals surface area contributed by atoms with E-state index < -0.39 is 7.37 Å². The average Bonchev–Trinajstić information content (AvgIpc) is 2.16. The lowest BCUT2D eigenvalue weighted by molar-refractivity contribution is 0.477. The molecule has 0 aromatic carbocycles. The van der Waals surface area contributed by atoms with Gasteiger partial charge in [0.05, 0.1) is 0 Å². The number of rotatable bonds is 10. The van der Waals surface area contributed by atoms with Gasteiger partial charge >= 0.3 is 0 Å². The molecule has 1 N–H and O–H groups in total. The molecule has 0 aliphatic heterocycles. The Balaban J connectivity index is 3.30. The SMILES string of the molecule is C=CCP(=O)(O)CCCCCCCCC. The lowest BCUT2D eigenvalue weighted by Crippen LogP contribution is -1.92. The summed E-state index contributed by atoms with van der Waals surface area (Å²) in [6, 6.07) is 0. The zero-order valence-corrected chi connectivity index (χ0v) is 10.8. The number of hydrogen-bond donors (Lipinski definition) is 1. The summed E-state index contributed by atoms with van der Waals surface area (Å²) in [5, 5.41) is 0. The van der Waals surface area contributed by atoms with Crippen LogP contribution in [0.3, 0.4) is 0 Å². The second kappa shape index (κ2) is 9.18. The van der Waals surface area contributed by atoms with E-state index >= 15 is 0 Å². The minimum atomic E-state index is -2.87. The van der Waals surface area contributed by atoms with Gasteiger partial charge in [-0.25, -0.2) is 0 Å². The quantitative estimate of drug-likeness (QED) is 0.348. The fraction of sp³-hybridized carbons (Fsp3) is 0.833. The van der Waals surface area contributed by atoms with Gasteiger partial charge in [-0.1, -0.05) is 51.5 Å². The molecule has 0 heterocycles. The molecule has 2 nitrogen and oxygen atoms in total. The fourth-order valence-electron chi connectivity index (χ4n) is 1.61. The topological polar surface area (TPSA) is 37.3 Å². The summed E-state index contributed by atoms with van der Waals surface area (Å²) in [5.74, 6) is 0. The van der Waals surface area contributed by atoms with E-state index in [0.717, 1.165) is 12.8 Å². The predicted octanol–water partition coefficient (Wildman–Crippen LogP) is 4.19. The van der Waals surface area contributed by atoms with Crippen LogP contribution in [0.2, 0.25) is 0 Å². The Bertz CT molecular complexity index is 202. The van der Waals surface area contributed by atoms with E-state index in [1.54, 1.807) is 6.08 Å². The summed E-state index contributed by atoms with van der Waals surface area (Å²) in [6.07, 6.45) is 10.6. The van der Waals surface area contributed by atoms with Gasteiger partial charge in [-0.2, -0.15) is 0 Å². The molecule has 0 radical (unpaired) electrons. The molecule has 0 aliphatic rings. The molecule has 15 heavy (non-hydrogen) atoms. The Morgan fingerprint density at radius 2 is 1.67 bits per heavy atom. The molecule has 0 amide bonds. The van der Waals surface area contributed by atoms with E-state index in [-0.39, 0.29) is 6.16 Å². The van der Waals surface area contributed by atoms with E-state index in [1.165, 1.54) is 32.1 Å². The summed E-state index contributed by atoms with van der Waals surface area (Å²) in [6.45, 7) is 5.70. The van der Waals surface area contributed by atoms with Gasteiger partial charge in [0.2, 0.25) is 7.37 Å². The van der Waals surface area contributed by atoms with Crippen molar-refractivity contribution < 1.29 is 9.46 Å². The van der Waals surface area contributed by atoms with Crippen molar-refractivity contribution in [2.24, 2.45) is 0 Å². The Morgan fingerprint density at radius 3 is 2.20 bits per heavy atom. The molecular formula is C12H25O2P. The summed E-state index contributed by atoms with van der Waals surface area (Å²) in [5.41, 5.74) is 0. The molecule has 0 aromatic rings. The lowest BCUT2D eigenvalue weighted by atomic mass is 10.1. The van der Waals surface area contributed by atoms with Crippen LogP contribution in [0.15, 0.2) is 12.7 Å². The van der Waals surface area contributed by atoms with E-state index in [2.05, 4.69) is 13.5 Å². The molecule has 0 spiro atoms. The molecule has 0 aromatic heterocycles. The van der Waals surface area contributed by atoms with Crippen molar-refractivity contribution in [1.82, 2.24) is 0 Å². The first-order valence-electron chi connectivity index (χ1n) is 6.04. The Morgan fingerprint density at radius 1 is 1.13 bits per heavy atom. The molecule has 0 saturated carbocycles. The Kier molecular flexibility index (Phi) is 9.13. The number of allylic oxidation sites excluding steroid dienone is 1. The number of hydrogen-bond acceptors (Lipinski definition) is 1. The third kappa shape index (κ3) is 10.2. The maximum atomic E-state index is 11.4. The van der Waals surface area contributed by atoms with E-state index in [1.807, 2.05) is 0 Å². The molecule has 0 aliphatic carbocycles. The van der Waals surface area contributed by atoms with Crippen molar-refractivity contribution in [2.75, 3.05) is 12.3 Å². The van der Waals surface area contributed by atoms with Gasteiger partial charge in [-0.3, -0.25) is 4.57 Å². The van der Waals surface area contributed by atoms with Crippen LogP contribution in [0.1, 0.15) is 51.9 Å². The van der Waals surface area contributed by atoms with Gasteiger partial charge in [0.25, 0.3) is 0 Å². The molecule has 0 fully saturated rings. The summed E-state index contributed by atoms with van der Waals surface area (Å²) >= 11 is 0. The van der Waals surface area contributed by atoms with Gasteiger partial charge in [0, 0.05) is 12.3 Å². The van der Waals surface area contributed by atoms with Crippen LogP contribution >= 0.6 is 7.37 Å². The second-order valence-electron chi connectivity index (χ2n) is 4.16. The van der Waals surface area contributed by atoms with Crippen LogP contribution in [0, 0.1) is 0 Å². The highest BCUT2D eigenvalue weighted by Gasteiger charge is 2.14. The zero-order chi connectivity index (χ0) is 11.6. The number of unbranched alkanes of at least 4 members (excludes halogenated alkanes) is 6. The van der Waals surface area contributed by atoms with Gasteiger partial charge in [-0.15, -0.1) is 6.58 Å². The standard InChI is InChI=1S/C12H25O2P/c1-3-5-6-7-8-9-10-12-15(13,14)11-4-2/h4H,2-3,5-12H2,1H3,(H,13,14). The van der Waals surface area contributed by atoms with Crippen molar-refractivity contribution >= 4 is 7.37 Å². The minimum Gasteiger partial charge on any atom is -0.344 e. The van der Waals surface area contributed by atoms with E-state index in [4.69, 9.17) is 0 Å². The van der Waals surface area contributed by atoms with Gasteiger partial charge in [-0.05, 0) is 6.42 Å². The molecule has 3 heteroatoms. The van der Waals surface area contributed by atoms with Crippen molar-refractivity contribution in [3.63, 3.8) is 0 Å². The Hall–Kier alpha value is -0.0700. The maximum Gasteiger partial charge on any atom is 0.204 e. The van der Waals surface area contributed by atoms with Crippen LogP contribution < -0.4 is 0 Å². The van der Waals surface area contributed by atoms with Gasteiger partial charge in [0.15, 0.2) is 0 Å². The van der Waals surface area contributed by atoms with Crippen LogP contribution in [0.25, 0.3) is 0 Å². The molecular weight excluding hydrogens is 207 g/mol. The second-order valence-corrected chi connectivity index (χ2v) is 6.67. The third-order valence-electron chi connectivity index (χ3n) is 2.53. The fourth-order valence-corrected chi connectivity index (χ4v) is 2.91. The summed E-state index contributed by atoms with van der Waals surface area (Å²) < 4.78 is 11.4. The first-order valence-corrected chi connectivity index (χ1v) is 8.07. The normalized spacial score (nSPS) is 14.8. The summed E-state index contributed by atoms with van der Waals surface area (Å²) in [7, 11) is -2.87. The van der Waals surface area contributed by atoms with Crippen LogP contribution in [0.4, 0.5) is 0 Å². The smallest absolute Gasteiger partial charge is 0.204 e. The van der Waals surface area contributed by atoms with Crippen LogP contribution in [0.5, 0.6) is 0 Å². The van der Waals surface area contributed by atoms with E-state index in [9.17, 15) is 9.46 Å². The first-order chi connectivity index (χ1) is 7.12. The minimum absolute atomic E-state index is 0.267. The zero-order valence-electron chi connectivity index (χ0n) is 9.95. The van der Waals surface area contributed by atoms with Crippen molar-refractivity contribution in [3.05, 3.63) is 12.7 Å². The van der Waals surface area contributed by atoms with Gasteiger partial charge < -0.3 is 4.89 Å². The van der Waals surface area contributed by atoms with Crippen molar-refractivity contribution in [2.45, 2.75) is 51.9 Å². The van der Waals surface area contributed by atoms with Crippen LogP contribution in [-0.4, -0.2) is 17.2 Å². The average molecular weight is 232 g/mol. The van der Waals surface area contributed by atoms with Crippen molar-refractivity contribution in [3.8, 4) is 0 Å². The highest BCUT2D eigenvalue weighted by Crippen LogP contribution is 2.41. The largest absolute Gasteiger partial charge is 0.344 e. The van der Waals surface area contributed by atoms with Crippen LogP contribution in [-0.2, 0) is 4.57 Å². The lowest BCUT2D eigenvalue weighted by Gasteiger charge is -2.08. The molecule has 0 rings (SSSR count).